The number of anilines is 1. The zero-order valence-corrected chi connectivity index (χ0v) is 8.75. The molecule has 2 N–H and O–H groups in total. The molecule has 0 saturated heterocycles. The van der Waals surface area contributed by atoms with Gasteiger partial charge in [-0.3, -0.25) is 4.79 Å². The highest BCUT2D eigenvalue weighted by molar-refractivity contribution is 8.00. The van der Waals surface area contributed by atoms with E-state index in [-0.39, 0.29) is 5.91 Å². The van der Waals surface area contributed by atoms with Crippen molar-refractivity contribution in [2.45, 2.75) is 11.4 Å². The van der Waals surface area contributed by atoms with Crippen LogP contribution in [0, 0.1) is 11.5 Å². The summed E-state index contributed by atoms with van der Waals surface area (Å²) in [5, 5.41) is 8.89. The predicted molar refractivity (Wildman–Crippen MR) is 58.2 cm³/mol. The van der Waals surface area contributed by atoms with Gasteiger partial charge in [-0.2, -0.15) is 5.26 Å². The molecule has 2 rings (SSSR count). The fourth-order valence-corrected chi connectivity index (χ4v) is 2.31. The van der Waals surface area contributed by atoms with Crippen LogP contribution >= 0.6 is 11.8 Å². The molecule has 0 radical (unpaired) electrons. The number of hydrogen-bond donors (Lipinski definition) is 1. The van der Waals surface area contributed by atoms with E-state index in [0.717, 1.165) is 15.4 Å². The van der Waals surface area contributed by atoms with Gasteiger partial charge in [-0.25, -0.2) is 4.90 Å². The Kier molecular flexibility index (Phi) is 2.62. The Balaban J connectivity index is 2.51. The van der Waals surface area contributed by atoms with Gasteiger partial charge in [0.05, 0.1) is 11.4 Å². The predicted octanol–water partition coefficient (Wildman–Crippen LogP) is 1.07. The summed E-state index contributed by atoms with van der Waals surface area (Å²) >= 11 is 1.45. The Morgan fingerprint density at radius 2 is 2.40 bits per heavy atom. The summed E-state index contributed by atoms with van der Waals surface area (Å²) in [7, 11) is 0. The first-order valence-electron chi connectivity index (χ1n) is 4.44. The molecule has 0 aliphatic carbocycles. The van der Waals surface area contributed by atoms with Crippen LogP contribution in [0.25, 0.3) is 0 Å². The monoisotopic (exact) mass is 219 g/mol. The van der Waals surface area contributed by atoms with Crippen molar-refractivity contribution in [3.05, 3.63) is 23.8 Å². The van der Waals surface area contributed by atoms with E-state index in [9.17, 15) is 4.79 Å². The molecule has 76 valence electrons. The number of carbonyl (C=O) groups excluding carboxylic acids is 1. The smallest absolute Gasteiger partial charge is 0.250 e. The molecular weight excluding hydrogens is 210 g/mol. The molecule has 1 aliphatic rings. The number of carbonyl (C=O) groups is 1. The fourth-order valence-electron chi connectivity index (χ4n) is 1.43. The first-order valence-corrected chi connectivity index (χ1v) is 5.43. The summed E-state index contributed by atoms with van der Waals surface area (Å²) in [5.74, 6) is 0.145. The number of nitrogens with two attached hydrogens (primary N) is 1. The molecule has 1 heterocycles. The van der Waals surface area contributed by atoms with Crippen LogP contribution < -0.4 is 10.6 Å². The van der Waals surface area contributed by atoms with Crippen molar-refractivity contribution in [3.8, 4) is 6.19 Å². The molecule has 0 atom stereocenters. The zero-order chi connectivity index (χ0) is 10.8. The van der Waals surface area contributed by atoms with Crippen LogP contribution in [0.15, 0.2) is 23.1 Å². The topological polar surface area (TPSA) is 70.1 Å². The molecule has 0 aromatic heterocycles. The minimum Gasteiger partial charge on any atom is -0.326 e. The van der Waals surface area contributed by atoms with E-state index in [4.69, 9.17) is 11.0 Å². The van der Waals surface area contributed by atoms with Gasteiger partial charge in [-0.1, -0.05) is 6.07 Å². The molecule has 5 heteroatoms. The van der Waals surface area contributed by atoms with Gasteiger partial charge >= 0.3 is 0 Å². The van der Waals surface area contributed by atoms with Crippen LogP contribution in [0.4, 0.5) is 5.69 Å². The molecule has 0 spiro atoms. The third-order valence-electron chi connectivity index (χ3n) is 2.20. The van der Waals surface area contributed by atoms with Gasteiger partial charge in [0.25, 0.3) is 5.91 Å². The van der Waals surface area contributed by atoms with Gasteiger partial charge in [0.1, 0.15) is 0 Å². The van der Waals surface area contributed by atoms with Crippen molar-refractivity contribution in [2.75, 3.05) is 10.7 Å². The number of thioether (sulfide) groups is 1. The molecule has 0 unspecified atom stereocenters. The van der Waals surface area contributed by atoms with E-state index in [0.29, 0.717) is 18.0 Å². The largest absolute Gasteiger partial charge is 0.326 e. The highest BCUT2D eigenvalue weighted by Crippen LogP contribution is 2.35. The van der Waals surface area contributed by atoms with Gasteiger partial charge in [-0.05, 0) is 17.7 Å². The Morgan fingerprint density at radius 3 is 3.07 bits per heavy atom. The fraction of sp³-hybridized carbons (Fsp3) is 0.200. The van der Waals surface area contributed by atoms with Gasteiger partial charge < -0.3 is 5.73 Å². The maximum Gasteiger partial charge on any atom is 0.250 e. The Hall–Kier alpha value is -1.51. The van der Waals surface area contributed by atoms with Crippen molar-refractivity contribution in [1.82, 2.24) is 0 Å². The highest BCUT2D eigenvalue weighted by atomic mass is 32.2. The summed E-state index contributed by atoms with van der Waals surface area (Å²) in [4.78, 5) is 13.5. The molecular formula is C10H9N3OS. The number of nitriles is 1. The van der Waals surface area contributed by atoms with Crippen LogP contribution in [0.3, 0.4) is 0 Å². The van der Waals surface area contributed by atoms with Crippen LogP contribution in [0.2, 0.25) is 0 Å². The molecule has 1 aromatic carbocycles. The second kappa shape index (κ2) is 3.93. The summed E-state index contributed by atoms with van der Waals surface area (Å²) in [5.41, 5.74) is 7.09. The Bertz CT molecular complexity index is 452. The molecule has 0 bridgehead atoms. The van der Waals surface area contributed by atoms with Crippen molar-refractivity contribution in [2.24, 2.45) is 5.73 Å². The highest BCUT2D eigenvalue weighted by Gasteiger charge is 2.24. The van der Waals surface area contributed by atoms with Crippen molar-refractivity contribution < 1.29 is 4.79 Å². The van der Waals surface area contributed by atoms with Crippen LogP contribution in [0.1, 0.15) is 5.56 Å². The molecule has 0 fully saturated rings. The normalized spacial score (nSPS) is 14.7. The number of fused-ring (bicyclic) bond motifs is 1. The van der Waals surface area contributed by atoms with Gasteiger partial charge in [-0.15, -0.1) is 11.8 Å². The second-order valence-corrected chi connectivity index (χ2v) is 4.14. The lowest BCUT2D eigenvalue weighted by molar-refractivity contribution is -0.115. The number of hydrogen-bond acceptors (Lipinski definition) is 4. The van der Waals surface area contributed by atoms with E-state index < -0.39 is 0 Å². The third kappa shape index (κ3) is 1.69. The maximum absolute atomic E-state index is 11.4. The molecule has 1 amide bonds. The van der Waals surface area contributed by atoms with Gasteiger partial charge in [0.15, 0.2) is 6.19 Å². The quantitative estimate of drug-likeness (QED) is 0.717. The van der Waals surface area contributed by atoms with Gasteiger partial charge in [0.2, 0.25) is 0 Å². The summed E-state index contributed by atoms with van der Waals surface area (Å²) < 4.78 is 0. The summed E-state index contributed by atoms with van der Waals surface area (Å²) in [6.07, 6.45) is 1.89. The SMILES string of the molecule is N#CN1C(=O)CSc2ccc(CN)cc21. The van der Waals surface area contributed by atoms with Gasteiger partial charge in [0, 0.05) is 11.4 Å². The first-order chi connectivity index (χ1) is 7.26. The van der Waals surface area contributed by atoms with Crippen LogP contribution in [-0.4, -0.2) is 11.7 Å². The lowest BCUT2D eigenvalue weighted by Crippen LogP contribution is -2.30. The maximum atomic E-state index is 11.4. The Morgan fingerprint density at radius 1 is 1.60 bits per heavy atom. The van der Waals surface area contributed by atoms with E-state index in [2.05, 4.69) is 0 Å². The minimum atomic E-state index is -0.177. The number of benzene rings is 1. The lowest BCUT2D eigenvalue weighted by atomic mass is 10.2. The Labute approximate surface area is 91.7 Å². The minimum absolute atomic E-state index is 0.177. The number of nitrogens with zero attached hydrogens (tertiary/aromatic N) is 2. The molecule has 15 heavy (non-hydrogen) atoms. The zero-order valence-electron chi connectivity index (χ0n) is 7.93. The standard InChI is InChI=1S/C10H9N3OS/c11-4-7-1-2-9-8(3-7)13(6-12)10(14)5-15-9/h1-3H,4-5,11H2. The van der Waals surface area contributed by atoms with Crippen LogP contribution in [-0.2, 0) is 11.3 Å². The summed E-state index contributed by atoms with van der Waals surface area (Å²) in [6.45, 7) is 0.408. The lowest BCUT2D eigenvalue weighted by Gasteiger charge is -2.22. The molecule has 1 aliphatic heterocycles. The third-order valence-corrected chi connectivity index (χ3v) is 3.25. The summed E-state index contributed by atoms with van der Waals surface area (Å²) in [6, 6.07) is 5.61. The number of rotatable bonds is 1. The molecule has 1 aromatic rings. The van der Waals surface area contributed by atoms with E-state index in [1.54, 1.807) is 6.07 Å². The molecule has 4 nitrogen and oxygen atoms in total. The molecule has 0 saturated carbocycles. The second-order valence-electron chi connectivity index (χ2n) is 3.12. The average Bonchev–Trinajstić information content (AvgIpc) is 2.28. The first kappa shape index (κ1) is 10.0. The van der Waals surface area contributed by atoms with Crippen LogP contribution in [0.5, 0.6) is 0 Å². The van der Waals surface area contributed by atoms with Crippen molar-refractivity contribution >= 4 is 23.4 Å². The van der Waals surface area contributed by atoms with E-state index in [1.165, 1.54) is 11.8 Å². The van der Waals surface area contributed by atoms with E-state index in [1.807, 2.05) is 18.3 Å². The van der Waals surface area contributed by atoms with E-state index >= 15 is 0 Å². The van der Waals surface area contributed by atoms with Crippen molar-refractivity contribution in [1.29, 1.82) is 5.26 Å². The van der Waals surface area contributed by atoms with Crippen molar-refractivity contribution in [3.63, 3.8) is 0 Å². The number of amides is 1. The average molecular weight is 219 g/mol.